The first-order valence-corrected chi connectivity index (χ1v) is 6.49. The Hall–Kier alpha value is -0.930. The molecule has 5 heteroatoms. The second-order valence-corrected chi connectivity index (χ2v) is 5.27. The smallest absolute Gasteiger partial charge is 0.129 e. The van der Waals surface area contributed by atoms with Crippen molar-refractivity contribution in [1.29, 1.82) is 0 Å². The van der Waals surface area contributed by atoms with Gasteiger partial charge in [0.25, 0.3) is 0 Å². The molecule has 0 atom stereocenters. The monoisotopic (exact) mass is 269 g/mol. The summed E-state index contributed by atoms with van der Waals surface area (Å²) in [5.41, 5.74) is 2.14. The lowest BCUT2D eigenvalue weighted by Crippen LogP contribution is -2.20. The average Bonchev–Trinajstić information content (AvgIpc) is 2.82. The van der Waals surface area contributed by atoms with Crippen LogP contribution in [0.15, 0.2) is 18.5 Å². The fourth-order valence-corrected chi connectivity index (χ4v) is 2.91. The zero-order valence-electron chi connectivity index (χ0n) is 9.37. The molecular weight excluding hydrogens is 257 g/mol. The standard InChI is InChI=1S/C12H13Cl2N3/c13-11-8-17(14)7-9-6-15-12(5-10(9)11)16-3-1-2-4-16/h5-6,8H,1-4,7H2. The van der Waals surface area contributed by atoms with Crippen LogP contribution in [0, 0.1) is 0 Å². The van der Waals surface area contributed by atoms with E-state index in [0.717, 1.165) is 30.0 Å². The van der Waals surface area contributed by atoms with Crippen molar-refractivity contribution < 1.29 is 0 Å². The van der Waals surface area contributed by atoms with Crippen LogP contribution in [0.4, 0.5) is 5.82 Å². The molecule has 2 aliphatic heterocycles. The van der Waals surface area contributed by atoms with E-state index in [0.29, 0.717) is 11.6 Å². The Morgan fingerprint density at radius 3 is 2.76 bits per heavy atom. The molecule has 0 amide bonds. The van der Waals surface area contributed by atoms with Crippen LogP contribution in [0.2, 0.25) is 0 Å². The Bertz CT molecular complexity index is 467. The summed E-state index contributed by atoms with van der Waals surface area (Å²) in [6, 6.07) is 2.07. The summed E-state index contributed by atoms with van der Waals surface area (Å²) in [6.07, 6.45) is 6.13. The molecule has 3 nitrogen and oxygen atoms in total. The van der Waals surface area contributed by atoms with Crippen molar-refractivity contribution in [2.45, 2.75) is 19.4 Å². The lowest BCUT2D eigenvalue weighted by Gasteiger charge is -2.23. The Morgan fingerprint density at radius 1 is 1.24 bits per heavy atom. The van der Waals surface area contributed by atoms with Crippen LogP contribution in [0.25, 0.3) is 5.03 Å². The van der Waals surface area contributed by atoms with Gasteiger partial charge in [-0.2, -0.15) is 0 Å². The van der Waals surface area contributed by atoms with Gasteiger partial charge in [0.2, 0.25) is 0 Å². The minimum absolute atomic E-state index is 0.653. The second kappa shape index (κ2) is 4.39. The molecule has 3 rings (SSSR count). The molecule has 3 heterocycles. The molecule has 0 aromatic carbocycles. The largest absolute Gasteiger partial charge is 0.357 e. The molecule has 1 aromatic rings. The zero-order chi connectivity index (χ0) is 11.8. The highest BCUT2D eigenvalue weighted by Crippen LogP contribution is 2.32. The van der Waals surface area contributed by atoms with Crippen molar-refractivity contribution in [2.24, 2.45) is 0 Å². The lowest BCUT2D eigenvalue weighted by atomic mass is 10.1. The summed E-state index contributed by atoms with van der Waals surface area (Å²) >= 11 is 12.1. The number of hydrogen-bond donors (Lipinski definition) is 0. The molecule has 0 unspecified atom stereocenters. The van der Waals surface area contributed by atoms with Gasteiger partial charge in [-0.25, -0.2) is 4.98 Å². The average molecular weight is 270 g/mol. The van der Waals surface area contributed by atoms with Crippen molar-refractivity contribution in [1.82, 2.24) is 9.40 Å². The van der Waals surface area contributed by atoms with Crippen molar-refractivity contribution in [2.75, 3.05) is 18.0 Å². The van der Waals surface area contributed by atoms with E-state index in [1.165, 1.54) is 12.8 Å². The van der Waals surface area contributed by atoms with Crippen LogP contribution in [-0.2, 0) is 6.54 Å². The summed E-state index contributed by atoms with van der Waals surface area (Å²) in [7, 11) is 0. The van der Waals surface area contributed by atoms with Crippen LogP contribution in [0.5, 0.6) is 0 Å². The first kappa shape index (κ1) is 11.2. The maximum absolute atomic E-state index is 6.21. The number of pyridine rings is 1. The van der Waals surface area contributed by atoms with Gasteiger partial charge in [-0.05, 0) is 18.9 Å². The highest BCUT2D eigenvalue weighted by Gasteiger charge is 2.19. The number of hydrogen-bond acceptors (Lipinski definition) is 3. The molecule has 0 radical (unpaired) electrons. The van der Waals surface area contributed by atoms with E-state index < -0.39 is 0 Å². The fraction of sp³-hybridized carbons (Fsp3) is 0.417. The Labute approximate surface area is 111 Å². The molecule has 1 aromatic heterocycles. The quantitative estimate of drug-likeness (QED) is 0.730. The van der Waals surface area contributed by atoms with Gasteiger partial charge in [-0.1, -0.05) is 11.6 Å². The van der Waals surface area contributed by atoms with Gasteiger partial charge in [0.1, 0.15) is 5.82 Å². The normalized spacial score (nSPS) is 19.3. The number of rotatable bonds is 1. The molecule has 2 aliphatic rings. The second-order valence-electron chi connectivity index (χ2n) is 4.43. The molecule has 0 N–H and O–H groups in total. The van der Waals surface area contributed by atoms with Crippen LogP contribution in [0.1, 0.15) is 24.0 Å². The highest BCUT2D eigenvalue weighted by molar-refractivity contribution is 6.49. The van der Waals surface area contributed by atoms with Crippen molar-refractivity contribution in [3.63, 3.8) is 0 Å². The van der Waals surface area contributed by atoms with Gasteiger partial charge in [0.05, 0.1) is 11.6 Å². The van der Waals surface area contributed by atoms with Gasteiger partial charge >= 0.3 is 0 Å². The molecular formula is C12H13Cl2N3. The molecule has 0 aliphatic carbocycles. The summed E-state index contributed by atoms with van der Waals surface area (Å²) in [5.74, 6) is 1.02. The maximum Gasteiger partial charge on any atom is 0.129 e. The zero-order valence-corrected chi connectivity index (χ0v) is 10.9. The molecule has 1 saturated heterocycles. The van der Waals surface area contributed by atoms with Gasteiger partial charge in [0, 0.05) is 48.4 Å². The third-order valence-electron chi connectivity index (χ3n) is 3.23. The van der Waals surface area contributed by atoms with E-state index in [9.17, 15) is 0 Å². The predicted molar refractivity (Wildman–Crippen MR) is 70.9 cm³/mol. The molecule has 17 heavy (non-hydrogen) atoms. The molecule has 90 valence electrons. The SMILES string of the molecule is ClC1=CN(Cl)Cc2cnc(N3CCCC3)cc21. The van der Waals surface area contributed by atoms with Gasteiger partial charge < -0.3 is 4.90 Å². The van der Waals surface area contributed by atoms with Gasteiger partial charge in [-0.3, -0.25) is 4.42 Å². The molecule has 0 spiro atoms. The van der Waals surface area contributed by atoms with E-state index >= 15 is 0 Å². The Morgan fingerprint density at radius 2 is 2.00 bits per heavy atom. The first-order valence-electron chi connectivity index (χ1n) is 5.78. The third kappa shape index (κ3) is 2.09. The lowest BCUT2D eigenvalue weighted by molar-refractivity contribution is 0.591. The summed E-state index contributed by atoms with van der Waals surface area (Å²) in [6.45, 7) is 2.84. The summed E-state index contributed by atoms with van der Waals surface area (Å²) in [5, 5.41) is 0.684. The van der Waals surface area contributed by atoms with E-state index in [1.54, 1.807) is 10.6 Å². The van der Waals surface area contributed by atoms with E-state index in [4.69, 9.17) is 23.4 Å². The Kier molecular flexibility index (Phi) is 2.89. The first-order chi connectivity index (χ1) is 8.24. The summed E-state index contributed by atoms with van der Waals surface area (Å²) in [4.78, 5) is 6.80. The third-order valence-corrected chi connectivity index (χ3v) is 3.75. The van der Waals surface area contributed by atoms with Crippen LogP contribution in [0.3, 0.4) is 0 Å². The minimum atomic E-state index is 0.653. The number of fused-ring (bicyclic) bond motifs is 1. The van der Waals surface area contributed by atoms with E-state index in [-0.39, 0.29) is 0 Å². The van der Waals surface area contributed by atoms with Crippen LogP contribution >= 0.6 is 23.4 Å². The Balaban J connectivity index is 1.97. The van der Waals surface area contributed by atoms with E-state index in [1.807, 2.05) is 6.20 Å². The molecule has 0 bridgehead atoms. The van der Waals surface area contributed by atoms with Crippen molar-refractivity contribution in [3.8, 4) is 0 Å². The van der Waals surface area contributed by atoms with Gasteiger partial charge in [-0.15, -0.1) is 0 Å². The predicted octanol–water partition coefficient (Wildman–Crippen LogP) is 3.19. The number of nitrogens with zero attached hydrogens (tertiary/aromatic N) is 3. The fourth-order valence-electron chi connectivity index (χ4n) is 2.34. The molecule has 0 saturated carbocycles. The van der Waals surface area contributed by atoms with Crippen LogP contribution < -0.4 is 4.90 Å². The molecule has 1 fully saturated rings. The van der Waals surface area contributed by atoms with E-state index in [2.05, 4.69) is 16.0 Å². The summed E-state index contributed by atoms with van der Waals surface area (Å²) < 4.78 is 1.56. The van der Waals surface area contributed by atoms with Gasteiger partial charge in [0.15, 0.2) is 0 Å². The number of halogens is 2. The topological polar surface area (TPSA) is 19.4 Å². The number of anilines is 1. The van der Waals surface area contributed by atoms with Crippen molar-refractivity contribution in [3.05, 3.63) is 29.6 Å². The van der Waals surface area contributed by atoms with Crippen molar-refractivity contribution >= 4 is 34.2 Å². The van der Waals surface area contributed by atoms with Crippen LogP contribution in [-0.4, -0.2) is 22.5 Å². The maximum atomic E-state index is 6.21. The minimum Gasteiger partial charge on any atom is -0.357 e. The number of aromatic nitrogens is 1. The highest BCUT2D eigenvalue weighted by atomic mass is 35.5.